The summed E-state index contributed by atoms with van der Waals surface area (Å²) in [7, 11) is 0. The molecule has 0 saturated carbocycles. The van der Waals surface area contributed by atoms with E-state index in [0.29, 0.717) is 12.1 Å². The number of hydrogen-bond acceptors (Lipinski definition) is 2. The topological polar surface area (TPSA) is 70.2 Å². The Hall–Kier alpha value is -2.30. The molecule has 0 aliphatic carbocycles. The van der Waals surface area contributed by atoms with Crippen LogP contribution < -0.4 is 16.0 Å². The predicted molar refractivity (Wildman–Crippen MR) is 80.5 cm³/mol. The largest absolute Gasteiger partial charge is 0.335 e. The third-order valence-electron chi connectivity index (χ3n) is 2.75. The van der Waals surface area contributed by atoms with Crippen molar-refractivity contribution in [1.82, 2.24) is 10.6 Å². The van der Waals surface area contributed by atoms with Crippen LogP contribution in [0.4, 0.5) is 10.5 Å². The second kappa shape index (κ2) is 8.74. The fourth-order valence-corrected chi connectivity index (χ4v) is 1.65. The zero-order chi connectivity index (χ0) is 14.8. The molecule has 0 saturated heterocycles. The predicted octanol–water partition coefficient (Wildman–Crippen LogP) is 2.28. The number of benzene rings is 1. The van der Waals surface area contributed by atoms with E-state index in [1.165, 1.54) is 0 Å². The maximum absolute atomic E-state index is 11.6. The van der Waals surface area contributed by atoms with E-state index >= 15 is 0 Å². The maximum atomic E-state index is 11.6. The van der Waals surface area contributed by atoms with Crippen LogP contribution in [0.1, 0.15) is 19.8 Å². The third-order valence-corrected chi connectivity index (χ3v) is 2.75. The van der Waals surface area contributed by atoms with Gasteiger partial charge in [0.2, 0.25) is 5.91 Å². The van der Waals surface area contributed by atoms with Gasteiger partial charge in [-0.05, 0) is 25.0 Å². The van der Waals surface area contributed by atoms with Gasteiger partial charge in [0.05, 0.1) is 6.54 Å². The van der Waals surface area contributed by atoms with E-state index < -0.39 is 0 Å². The lowest BCUT2D eigenvalue weighted by Gasteiger charge is -2.15. The summed E-state index contributed by atoms with van der Waals surface area (Å²) in [4.78, 5) is 23.2. The normalized spacial score (nSPS) is 11.2. The number of hydrogen-bond donors (Lipinski definition) is 3. The molecule has 20 heavy (non-hydrogen) atoms. The zero-order valence-electron chi connectivity index (χ0n) is 11.7. The zero-order valence-corrected chi connectivity index (χ0v) is 11.7. The number of amides is 3. The molecular weight excluding hydrogens is 254 g/mol. The van der Waals surface area contributed by atoms with Gasteiger partial charge in [0.15, 0.2) is 0 Å². The number of anilines is 1. The molecule has 0 bridgehead atoms. The van der Waals surface area contributed by atoms with Gasteiger partial charge in [-0.2, -0.15) is 0 Å². The third kappa shape index (κ3) is 6.04. The van der Waals surface area contributed by atoms with Crippen molar-refractivity contribution < 1.29 is 9.59 Å². The van der Waals surface area contributed by atoms with Crippen LogP contribution in [0.25, 0.3) is 0 Å². The Morgan fingerprint density at radius 3 is 2.60 bits per heavy atom. The molecule has 0 fully saturated rings. The van der Waals surface area contributed by atoms with Crippen LogP contribution in [-0.2, 0) is 4.79 Å². The van der Waals surface area contributed by atoms with E-state index in [0.717, 1.165) is 6.42 Å². The van der Waals surface area contributed by atoms with Gasteiger partial charge in [0.1, 0.15) is 0 Å². The van der Waals surface area contributed by atoms with Crippen molar-refractivity contribution in [3.63, 3.8) is 0 Å². The highest BCUT2D eigenvalue weighted by atomic mass is 16.2. The highest BCUT2D eigenvalue weighted by Crippen LogP contribution is 2.04. The van der Waals surface area contributed by atoms with Crippen molar-refractivity contribution in [2.75, 3.05) is 11.9 Å². The molecule has 1 atom stereocenters. The van der Waals surface area contributed by atoms with Crippen LogP contribution in [0.15, 0.2) is 43.0 Å². The Balaban J connectivity index is 2.30. The number of carbonyl (C=O) groups is 2. The average molecular weight is 275 g/mol. The summed E-state index contributed by atoms with van der Waals surface area (Å²) in [6.07, 6.45) is 3.28. The Morgan fingerprint density at radius 2 is 2.00 bits per heavy atom. The van der Waals surface area contributed by atoms with Crippen molar-refractivity contribution in [3.05, 3.63) is 43.0 Å². The minimum atomic E-state index is -0.345. The molecule has 0 aliphatic heterocycles. The minimum absolute atomic E-state index is 0.0460. The van der Waals surface area contributed by atoms with Crippen molar-refractivity contribution in [1.29, 1.82) is 0 Å². The Bertz CT molecular complexity index is 446. The molecule has 1 aromatic carbocycles. The van der Waals surface area contributed by atoms with Crippen LogP contribution in [0.5, 0.6) is 0 Å². The van der Waals surface area contributed by atoms with Crippen molar-refractivity contribution >= 4 is 17.6 Å². The molecular formula is C15H21N3O2. The van der Waals surface area contributed by atoms with Crippen molar-refractivity contribution in [3.8, 4) is 0 Å². The van der Waals surface area contributed by atoms with E-state index in [1.807, 2.05) is 25.1 Å². The van der Waals surface area contributed by atoms with Gasteiger partial charge in [-0.1, -0.05) is 31.2 Å². The molecule has 0 unspecified atom stereocenters. The van der Waals surface area contributed by atoms with Gasteiger partial charge >= 0.3 is 6.03 Å². The summed E-state index contributed by atoms with van der Waals surface area (Å²) in [5, 5.41) is 8.01. The molecule has 5 heteroatoms. The molecule has 108 valence electrons. The fraction of sp³-hybridized carbons (Fsp3) is 0.333. The van der Waals surface area contributed by atoms with Crippen LogP contribution in [0.2, 0.25) is 0 Å². The number of urea groups is 1. The monoisotopic (exact) mass is 275 g/mol. The first-order chi connectivity index (χ1) is 9.65. The Labute approximate surface area is 119 Å². The summed E-state index contributed by atoms with van der Waals surface area (Å²) in [6.45, 7) is 5.56. The Kier molecular flexibility index (Phi) is 6.89. The second-order valence-electron chi connectivity index (χ2n) is 4.37. The molecule has 0 heterocycles. The summed E-state index contributed by atoms with van der Waals surface area (Å²) in [6, 6.07) is 8.80. The first-order valence-electron chi connectivity index (χ1n) is 6.65. The van der Waals surface area contributed by atoms with E-state index in [2.05, 4.69) is 22.5 Å². The second-order valence-corrected chi connectivity index (χ2v) is 4.37. The molecule has 0 aliphatic rings. The van der Waals surface area contributed by atoms with Crippen molar-refractivity contribution in [2.24, 2.45) is 0 Å². The highest BCUT2D eigenvalue weighted by molar-refractivity contribution is 5.94. The number of nitrogens with one attached hydrogen (secondary N) is 3. The van der Waals surface area contributed by atoms with Gasteiger partial charge in [0, 0.05) is 11.7 Å². The lowest BCUT2D eigenvalue weighted by atomic mass is 10.1. The van der Waals surface area contributed by atoms with Crippen LogP contribution in [0.3, 0.4) is 0 Å². The average Bonchev–Trinajstić information content (AvgIpc) is 2.45. The van der Waals surface area contributed by atoms with E-state index in [-0.39, 0.29) is 24.5 Å². The number of carbonyl (C=O) groups excluding carboxylic acids is 2. The summed E-state index contributed by atoms with van der Waals surface area (Å²) in [5.74, 6) is -0.261. The summed E-state index contributed by atoms with van der Waals surface area (Å²) >= 11 is 0. The minimum Gasteiger partial charge on any atom is -0.335 e. The lowest BCUT2D eigenvalue weighted by molar-refractivity contribution is -0.115. The maximum Gasteiger partial charge on any atom is 0.315 e. The number of rotatable bonds is 7. The van der Waals surface area contributed by atoms with E-state index in [9.17, 15) is 9.59 Å². The standard InChI is InChI=1S/C15H21N3O2/c1-3-8-12(4-2)18-15(20)16-11-14(19)17-13-9-6-5-7-10-13/h3,5-7,9-10,12H,1,4,8,11H2,2H3,(H,17,19)(H2,16,18,20)/t12-/m0/s1. The van der Waals surface area contributed by atoms with Crippen LogP contribution >= 0.6 is 0 Å². The van der Waals surface area contributed by atoms with Crippen LogP contribution in [-0.4, -0.2) is 24.5 Å². The van der Waals surface area contributed by atoms with Gasteiger partial charge < -0.3 is 16.0 Å². The molecule has 0 spiro atoms. The number of para-hydroxylation sites is 1. The lowest BCUT2D eigenvalue weighted by Crippen LogP contribution is -2.44. The quantitative estimate of drug-likeness (QED) is 0.668. The first-order valence-corrected chi connectivity index (χ1v) is 6.65. The van der Waals surface area contributed by atoms with E-state index in [4.69, 9.17) is 0 Å². The van der Waals surface area contributed by atoms with Gasteiger partial charge in [0.25, 0.3) is 0 Å². The van der Waals surface area contributed by atoms with Gasteiger partial charge in [-0.3, -0.25) is 4.79 Å². The molecule has 3 N–H and O–H groups in total. The molecule has 0 radical (unpaired) electrons. The molecule has 3 amide bonds. The molecule has 0 aromatic heterocycles. The first kappa shape index (κ1) is 15.8. The summed E-state index contributed by atoms with van der Waals surface area (Å²) in [5.41, 5.74) is 0.706. The smallest absolute Gasteiger partial charge is 0.315 e. The van der Waals surface area contributed by atoms with Crippen molar-refractivity contribution in [2.45, 2.75) is 25.8 Å². The van der Waals surface area contributed by atoms with E-state index in [1.54, 1.807) is 18.2 Å². The highest BCUT2D eigenvalue weighted by Gasteiger charge is 2.09. The molecule has 5 nitrogen and oxygen atoms in total. The Morgan fingerprint density at radius 1 is 1.30 bits per heavy atom. The van der Waals surface area contributed by atoms with Gasteiger partial charge in [-0.25, -0.2) is 4.79 Å². The van der Waals surface area contributed by atoms with Crippen LogP contribution in [0, 0.1) is 0 Å². The van der Waals surface area contributed by atoms with Gasteiger partial charge in [-0.15, -0.1) is 6.58 Å². The SMILES string of the molecule is C=CC[C@H](CC)NC(=O)NCC(=O)Nc1ccccc1. The summed E-state index contributed by atoms with van der Waals surface area (Å²) < 4.78 is 0. The molecule has 1 rings (SSSR count). The molecule has 1 aromatic rings. The fourth-order valence-electron chi connectivity index (χ4n) is 1.65.